The Labute approximate surface area is 197 Å². The number of anilines is 2. The molecule has 2 aliphatic rings. The number of nitrogens with one attached hydrogen (secondary N) is 1. The zero-order chi connectivity index (χ0) is 23.8. The van der Waals surface area contributed by atoms with E-state index in [4.69, 9.17) is 9.72 Å². The number of carbonyl (C=O) groups excluding carboxylic acids is 1. The minimum atomic E-state index is -0.458. The highest BCUT2D eigenvalue weighted by atomic mass is 16.6. The number of benzene rings is 1. The van der Waals surface area contributed by atoms with E-state index in [-0.39, 0.29) is 12.1 Å². The van der Waals surface area contributed by atoms with E-state index in [1.807, 2.05) is 25.7 Å². The van der Waals surface area contributed by atoms with Crippen LogP contribution < -0.4 is 10.3 Å². The van der Waals surface area contributed by atoms with Crippen LogP contribution >= 0.6 is 0 Å². The second-order valence-corrected chi connectivity index (χ2v) is 10.4. The molecule has 4 rings (SSSR count). The summed E-state index contributed by atoms with van der Waals surface area (Å²) >= 11 is 0. The van der Waals surface area contributed by atoms with Gasteiger partial charge in [-0.3, -0.25) is 4.90 Å². The fourth-order valence-corrected chi connectivity index (χ4v) is 4.95. The van der Waals surface area contributed by atoms with E-state index in [0.717, 1.165) is 55.8 Å². The molecule has 1 aromatic carbocycles. The fourth-order valence-electron chi connectivity index (χ4n) is 4.95. The first-order chi connectivity index (χ1) is 15.6. The molecule has 1 fully saturated rings. The molecule has 0 spiro atoms. The van der Waals surface area contributed by atoms with Crippen molar-refractivity contribution in [1.29, 1.82) is 0 Å². The van der Waals surface area contributed by atoms with Gasteiger partial charge in [0.25, 0.3) is 0 Å². The van der Waals surface area contributed by atoms with Crippen LogP contribution in [-0.2, 0) is 11.2 Å². The second-order valence-electron chi connectivity index (χ2n) is 10.4. The Bertz CT molecular complexity index is 988. The topological polar surface area (TPSA) is 71.8 Å². The second kappa shape index (κ2) is 9.18. The molecule has 1 unspecified atom stereocenters. The molecule has 176 valence electrons. The molecular weight excluding hydrogens is 414 g/mol. The predicted octanol–water partition coefficient (Wildman–Crippen LogP) is 4.16. The van der Waals surface area contributed by atoms with Crippen LogP contribution in [0.1, 0.15) is 69.0 Å². The molecule has 3 heterocycles. The molecule has 7 nitrogen and oxygen atoms in total. The third kappa shape index (κ3) is 5.56. The van der Waals surface area contributed by atoms with Crippen LogP contribution in [0.4, 0.5) is 16.4 Å². The summed E-state index contributed by atoms with van der Waals surface area (Å²) in [6.07, 6.45) is 5.85. The Morgan fingerprint density at radius 2 is 1.82 bits per heavy atom. The monoisotopic (exact) mass is 450 g/mol. The SMILES string of the molecule is Cc1cc(C)cc(Nc2nc3c(c#[n+]2)C(C)N(C2CCN(C(=O)OC(C)(C)C)CC2)CC3)c1. The first-order valence-corrected chi connectivity index (χ1v) is 12.0. The number of amides is 1. The number of likely N-dealkylation sites (tertiary alicyclic amines) is 1. The van der Waals surface area contributed by atoms with Crippen LogP contribution in [0.5, 0.6) is 0 Å². The Kier molecular flexibility index (Phi) is 6.49. The lowest BCUT2D eigenvalue weighted by Gasteiger charge is -2.42. The highest BCUT2D eigenvalue weighted by molar-refractivity contribution is 5.68. The minimum Gasteiger partial charge on any atom is -0.444 e. The molecule has 2 aromatic rings. The molecular formula is C26H36N5O2+. The quantitative estimate of drug-likeness (QED) is 0.757. The van der Waals surface area contributed by atoms with E-state index in [1.165, 1.54) is 11.1 Å². The summed E-state index contributed by atoms with van der Waals surface area (Å²) in [5.41, 5.74) is 5.13. The Morgan fingerprint density at radius 1 is 1.15 bits per heavy atom. The predicted molar refractivity (Wildman–Crippen MR) is 128 cm³/mol. The smallest absolute Gasteiger partial charge is 0.444 e. The molecule has 33 heavy (non-hydrogen) atoms. The van der Waals surface area contributed by atoms with Gasteiger partial charge in [-0.15, -0.1) is 0 Å². The van der Waals surface area contributed by atoms with E-state index in [9.17, 15) is 4.79 Å². The van der Waals surface area contributed by atoms with Gasteiger partial charge in [-0.1, -0.05) is 11.1 Å². The van der Waals surface area contributed by atoms with Gasteiger partial charge in [0.2, 0.25) is 0 Å². The number of carbonyl (C=O) groups is 1. The third-order valence-corrected chi connectivity index (χ3v) is 6.42. The van der Waals surface area contributed by atoms with Crippen molar-refractivity contribution in [3.63, 3.8) is 0 Å². The standard InChI is InChI=1S/C26H35N5O2/c1-17-13-18(2)15-20(14-17)28-24-27-16-22-19(3)31(12-9-23(22)29-24)21-7-10-30(11-8-21)25(32)33-26(4,5)6/h13-15,19,21H,7-12H2,1-6H3/p+1. The first kappa shape index (κ1) is 23.3. The third-order valence-electron chi connectivity index (χ3n) is 6.42. The first-order valence-electron chi connectivity index (χ1n) is 12.0. The van der Waals surface area contributed by atoms with E-state index < -0.39 is 5.60 Å². The molecule has 1 saturated heterocycles. The molecule has 1 N–H and O–H groups in total. The molecule has 1 atom stereocenters. The fraction of sp³-hybridized carbons (Fsp3) is 0.577. The van der Waals surface area contributed by atoms with E-state index in [0.29, 0.717) is 12.0 Å². The summed E-state index contributed by atoms with van der Waals surface area (Å²) < 4.78 is 5.54. The molecule has 7 heteroatoms. The van der Waals surface area contributed by atoms with Crippen LogP contribution in [0.25, 0.3) is 0 Å². The van der Waals surface area contributed by atoms with Crippen molar-refractivity contribution in [3.05, 3.63) is 46.8 Å². The largest absolute Gasteiger partial charge is 0.494 e. The number of nitrogens with zero attached hydrogens (tertiary/aromatic N) is 4. The van der Waals surface area contributed by atoms with Crippen LogP contribution in [0.15, 0.2) is 18.2 Å². The number of aromatic nitrogens is 2. The summed E-state index contributed by atoms with van der Waals surface area (Å²) in [4.78, 5) is 26.1. The van der Waals surface area contributed by atoms with Crippen molar-refractivity contribution in [3.8, 4) is 0 Å². The number of hydrogen-bond donors (Lipinski definition) is 1. The number of piperidine rings is 1. The molecule has 0 radical (unpaired) electrons. The van der Waals surface area contributed by atoms with Crippen molar-refractivity contribution in [2.75, 3.05) is 25.0 Å². The molecule has 1 aromatic heterocycles. The van der Waals surface area contributed by atoms with Gasteiger partial charge in [0, 0.05) is 38.1 Å². The maximum absolute atomic E-state index is 12.4. The van der Waals surface area contributed by atoms with E-state index >= 15 is 0 Å². The van der Waals surface area contributed by atoms with E-state index in [2.05, 4.69) is 60.4 Å². The zero-order valence-electron chi connectivity index (χ0n) is 20.7. The Morgan fingerprint density at radius 3 is 2.45 bits per heavy atom. The van der Waals surface area contributed by atoms with Gasteiger partial charge >= 0.3 is 12.0 Å². The highest BCUT2D eigenvalue weighted by Gasteiger charge is 2.36. The summed E-state index contributed by atoms with van der Waals surface area (Å²) in [5, 5.41) is 3.34. The molecule has 0 saturated carbocycles. The van der Waals surface area contributed by atoms with Crippen molar-refractivity contribution < 1.29 is 14.5 Å². The van der Waals surface area contributed by atoms with Crippen LogP contribution in [0.3, 0.4) is 0 Å². The molecule has 0 aliphatic carbocycles. The average molecular weight is 451 g/mol. The van der Waals surface area contributed by atoms with Crippen molar-refractivity contribution in [2.45, 2.75) is 78.5 Å². The average Bonchev–Trinajstić information content (AvgIpc) is 2.72. The van der Waals surface area contributed by atoms with Crippen LogP contribution in [-0.4, -0.2) is 52.2 Å². The van der Waals surface area contributed by atoms with Gasteiger partial charge in [-0.25, -0.2) is 10.1 Å². The Balaban J connectivity index is 1.39. The normalized spacial score (nSPS) is 19.6. The highest BCUT2D eigenvalue weighted by Crippen LogP contribution is 2.32. The lowest BCUT2D eigenvalue weighted by molar-refractivity contribution is -0.281. The van der Waals surface area contributed by atoms with E-state index in [1.54, 1.807) is 0 Å². The number of rotatable bonds is 3. The van der Waals surface area contributed by atoms with Gasteiger partial charge in [0.05, 0.1) is 5.56 Å². The molecule has 1 amide bonds. The van der Waals surface area contributed by atoms with Gasteiger partial charge in [0.15, 0.2) is 6.20 Å². The number of aryl methyl sites for hydroxylation is 2. The summed E-state index contributed by atoms with van der Waals surface area (Å²) in [7, 11) is 0. The maximum atomic E-state index is 12.4. The van der Waals surface area contributed by atoms with Crippen LogP contribution in [0.2, 0.25) is 0 Å². The van der Waals surface area contributed by atoms with Gasteiger partial charge < -0.3 is 9.64 Å². The lowest BCUT2D eigenvalue weighted by atomic mass is 9.94. The number of hydrogen-bond acceptors (Lipinski definition) is 5. The van der Waals surface area contributed by atoms with Gasteiger partial charge in [-0.05, 0) is 77.6 Å². The summed E-state index contributed by atoms with van der Waals surface area (Å²) in [5.74, 6) is 0.602. The lowest BCUT2D eigenvalue weighted by Crippen LogP contribution is -2.50. The minimum absolute atomic E-state index is 0.205. The molecule has 0 bridgehead atoms. The summed E-state index contributed by atoms with van der Waals surface area (Å²) in [6.45, 7) is 14.5. The van der Waals surface area contributed by atoms with Crippen LogP contribution in [0, 0.1) is 20.0 Å². The number of fused-ring (bicyclic) bond motifs is 1. The van der Waals surface area contributed by atoms with Gasteiger partial charge in [-0.2, -0.15) is 4.98 Å². The number of ether oxygens (including phenoxy) is 1. The van der Waals surface area contributed by atoms with Crippen molar-refractivity contribution >= 4 is 17.7 Å². The van der Waals surface area contributed by atoms with Crippen molar-refractivity contribution in [1.82, 2.24) is 14.8 Å². The zero-order valence-corrected chi connectivity index (χ0v) is 20.7. The molecule has 2 aliphatic heterocycles. The van der Waals surface area contributed by atoms with Crippen molar-refractivity contribution in [2.24, 2.45) is 0 Å². The summed E-state index contributed by atoms with van der Waals surface area (Å²) in [6, 6.07) is 7.00. The maximum Gasteiger partial charge on any atom is 0.494 e. The Hall–Kier alpha value is -2.85. The van der Waals surface area contributed by atoms with Gasteiger partial charge in [0.1, 0.15) is 17.0 Å².